The van der Waals surface area contributed by atoms with Crippen LogP contribution in [0.3, 0.4) is 0 Å². The second kappa shape index (κ2) is 7.48. The molecule has 0 aliphatic rings. The smallest absolute Gasteiger partial charge is 0.118 e. The van der Waals surface area contributed by atoms with Gasteiger partial charge in [-0.15, -0.1) is 11.6 Å². The largest absolute Gasteiger partial charge is 0.497 e. The first-order chi connectivity index (χ1) is 10.2. The minimum Gasteiger partial charge on any atom is -0.497 e. The highest BCUT2D eigenvalue weighted by Gasteiger charge is 2.24. The lowest BCUT2D eigenvalue weighted by atomic mass is 9.94. The molecule has 0 saturated heterocycles. The van der Waals surface area contributed by atoms with Crippen LogP contribution in [-0.4, -0.2) is 19.5 Å². The van der Waals surface area contributed by atoms with Crippen molar-refractivity contribution in [3.63, 3.8) is 0 Å². The molecule has 21 heavy (non-hydrogen) atoms. The molecule has 0 bridgehead atoms. The second-order valence-corrected chi connectivity index (χ2v) is 5.62. The molecule has 0 amide bonds. The summed E-state index contributed by atoms with van der Waals surface area (Å²) < 4.78 is 5.17. The van der Waals surface area contributed by atoms with E-state index in [4.69, 9.17) is 16.3 Å². The number of nitrogens with one attached hydrogen (secondary N) is 1. The third-order valence-corrected chi connectivity index (χ3v) is 4.30. The van der Waals surface area contributed by atoms with E-state index in [0.29, 0.717) is 5.88 Å². The summed E-state index contributed by atoms with van der Waals surface area (Å²) in [7, 11) is 1.68. The van der Waals surface area contributed by atoms with Crippen LogP contribution < -0.4 is 10.1 Å². The van der Waals surface area contributed by atoms with Gasteiger partial charge >= 0.3 is 0 Å². The molecule has 0 spiro atoms. The topological polar surface area (TPSA) is 21.3 Å². The predicted octanol–water partition coefficient (Wildman–Crippen LogP) is 3.98. The zero-order valence-electron chi connectivity index (χ0n) is 12.6. The number of hydrogen-bond donors (Lipinski definition) is 1. The minimum absolute atomic E-state index is 0.199. The fraction of sp³-hybridized carbons (Fsp3) is 0.333. The van der Waals surface area contributed by atoms with Crippen LogP contribution in [0.25, 0.3) is 0 Å². The zero-order valence-corrected chi connectivity index (χ0v) is 13.4. The molecular weight excluding hydrogens is 282 g/mol. The minimum atomic E-state index is -0.199. The van der Waals surface area contributed by atoms with Crippen LogP contribution in [0.15, 0.2) is 54.6 Å². The van der Waals surface area contributed by atoms with Gasteiger partial charge in [0, 0.05) is 12.4 Å². The summed E-state index contributed by atoms with van der Waals surface area (Å²) in [6.45, 7) is 3.02. The monoisotopic (exact) mass is 303 g/mol. The van der Waals surface area contributed by atoms with Gasteiger partial charge < -0.3 is 10.1 Å². The maximum absolute atomic E-state index is 6.19. The Morgan fingerprint density at radius 3 is 2.29 bits per heavy atom. The van der Waals surface area contributed by atoms with Crippen LogP contribution in [0, 0.1) is 0 Å². The molecule has 0 aliphatic carbocycles. The molecule has 0 aromatic heterocycles. The molecule has 112 valence electrons. The van der Waals surface area contributed by atoms with E-state index in [2.05, 4.69) is 36.5 Å². The van der Waals surface area contributed by atoms with Crippen molar-refractivity contribution in [1.82, 2.24) is 5.32 Å². The fourth-order valence-electron chi connectivity index (χ4n) is 2.31. The molecule has 2 aromatic carbocycles. The Balaban J connectivity index is 1.94. The van der Waals surface area contributed by atoms with E-state index in [9.17, 15) is 0 Å². The Hall–Kier alpha value is -1.51. The number of benzene rings is 2. The van der Waals surface area contributed by atoms with Crippen LogP contribution in [0.5, 0.6) is 5.75 Å². The summed E-state index contributed by atoms with van der Waals surface area (Å²) >= 11 is 6.19. The summed E-state index contributed by atoms with van der Waals surface area (Å²) in [5.41, 5.74) is 2.30. The van der Waals surface area contributed by atoms with Gasteiger partial charge in [-0.1, -0.05) is 42.5 Å². The van der Waals surface area contributed by atoms with Crippen molar-refractivity contribution in [1.29, 1.82) is 0 Å². The highest BCUT2D eigenvalue weighted by atomic mass is 35.5. The van der Waals surface area contributed by atoms with Crippen LogP contribution in [-0.2, 0) is 12.0 Å². The fourth-order valence-corrected chi connectivity index (χ4v) is 2.56. The lowest BCUT2D eigenvalue weighted by Crippen LogP contribution is -2.42. The lowest BCUT2D eigenvalue weighted by molar-refractivity contribution is 0.410. The molecule has 0 heterocycles. The quantitative estimate of drug-likeness (QED) is 0.781. The highest BCUT2D eigenvalue weighted by Crippen LogP contribution is 2.22. The number of rotatable bonds is 7. The predicted molar refractivity (Wildman–Crippen MR) is 89.2 cm³/mol. The Morgan fingerprint density at radius 1 is 1.05 bits per heavy atom. The Bertz CT molecular complexity index is 541. The molecular formula is C18H22ClNO. The maximum atomic E-state index is 6.19. The van der Waals surface area contributed by atoms with Crippen molar-refractivity contribution in [3.05, 3.63) is 65.7 Å². The summed E-state index contributed by atoms with van der Waals surface area (Å²) in [5, 5.41) is 3.58. The van der Waals surface area contributed by atoms with Crippen molar-refractivity contribution in [2.45, 2.75) is 18.9 Å². The molecule has 0 fully saturated rings. The van der Waals surface area contributed by atoms with Gasteiger partial charge in [0.15, 0.2) is 0 Å². The highest BCUT2D eigenvalue weighted by molar-refractivity contribution is 6.18. The maximum Gasteiger partial charge on any atom is 0.118 e. The molecule has 1 unspecified atom stereocenters. The summed E-state index contributed by atoms with van der Waals surface area (Å²) in [5.74, 6) is 1.43. The standard InChI is InChI=1S/C18H22ClNO/c1-18(14-19,16-6-4-3-5-7-16)20-13-12-15-8-10-17(21-2)11-9-15/h3-11,20H,12-14H2,1-2H3. The van der Waals surface area contributed by atoms with Gasteiger partial charge in [0.25, 0.3) is 0 Å². The summed E-state index contributed by atoms with van der Waals surface area (Å²) in [4.78, 5) is 0. The van der Waals surface area contributed by atoms with E-state index >= 15 is 0 Å². The zero-order chi connectivity index (χ0) is 15.1. The lowest BCUT2D eigenvalue weighted by Gasteiger charge is -2.29. The van der Waals surface area contributed by atoms with Gasteiger partial charge in [-0.05, 0) is 36.6 Å². The van der Waals surface area contributed by atoms with Crippen molar-refractivity contribution in [2.24, 2.45) is 0 Å². The summed E-state index contributed by atoms with van der Waals surface area (Å²) in [6.07, 6.45) is 0.962. The third-order valence-electron chi connectivity index (χ3n) is 3.77. The van der Waals surface area contributed by atoms with Gasteiger partial charge in [-0.3, -0.25) is 0 Å². The van der Waals surface area contributed by atoms with Gasteiger partial charge in [-0.2, -0.15) is 0 Å². The average molecular weight is 304 g/mol. The Labute approximate surface area is 132 Å². The number of alkyl halides is 1. The van der Waals surface area contributed by atoms with Crippen molar-refractivity contribution in [3.8, 4) is 5.75 Å². The first-order valence-electron chi connectivity index (χ1n) is 7.17. The van der Waals surface area contributed by atoms with E-state index in [1.807, 2.05) is 30.3 Å². The number of ether oxygens (including phenoxy) is 1. The molecule has 2 rings (SSSR count). The van der Waals surface area contributed by atoms with Crippen molar-refractivity contribution in [2.75, 3.05) is 19.5 Å². The van der Waals surface area contributed by atoms with E-state index in [1.54, 1.807) is 7.11 Å². The van der Waals surface area contributed by atoms with E-state index in [0.717, 1.165) is 18.7 Å². The number of hydrogen-bond acceptors (Lipinski definition) is 2. The third kappa shape index (κ3) is 4.23. The molecule has 2 aromatic rings. The summed E-state index contributed by atoms with van der Waals surface area (Å²) in [6, 6.07) is 18.5. The van der Waals surface area contributed by atoms with E-state index < -0.39 is 0 Å². The average Bonchev–Trinajstić information content (AvgIpc) is 2.56. The number of methoxy groups -OCH3 is 1. The Kier molecular flexibility index (Phi) is 5.66. The molecule has 2 nitrogen and oxygen atoms in total. The van der Waals surface area contributed by atoms with Crippen LogP contribution in [0.2, 0.25) is 0 Å². The van der Waals surface area contributed by atoms with Gasteiger partial charge in [0.05, 0.1) is 12.6 Å². The van der Waals surface area contributed by atoms with Gasteiger partial charge in [0.1, 0.15) is 5.75 Å². The molecule has 0 saturated carbocycles. The first-order valence-corrected chi connectivity index (χ1v) is 7.71. The van der Waals surface area contributed by atoms with Gasteiger partial charge in [0.2, 0.25) is 0 Å². The normalized spacial score (nSPS) is 13.7. The molecule has 3 heteroatoms. The Morgan fingerprint density at radius 2 is 1.71 bits per heavy atom. The van der Waals surface area contributed by atoms with E-state index in [1.165, 1.54) is 11.1 Å². The van der Waals surface area contributed by atoms with Crippen LogP contribution >= 0.6 is 11.6 Å². The first kappa shape index (κ1) is 15.9. The molecule has 1 atom stereocenters. The van der Waals surface area contributed by atoms with Crippen LogP contribution in [0.4, 0.5) is 0 Å². The van der Waals surface area contributed by atoms with E-state index in [-0.39, 0.29) is 5.54 Å². The molecule has 0 radical (unpaired) electrons. The SMILES string of the molecule is COc1ccc(CCNC(C)(CCl)c2ccccc2)cc1. The van der Waals surface area contributed by atoms with Crippen LogP contribution in [0.1, 0.15) is 18.1 Å². The van der Waals surface area contributed by atoms with Crippen molar-refractivity contribution < 1.29 is 4.74 Å². The van der Waals surface area contributed by atoms with Crippen molar-refractivity contribution >= 4 is 11.6 Å². The number of halogens is 1. The second-order valence-electron chi connectivity index (χ2n) is 5.36. The molecule has 0 aliphatic heterocycles. The molecule has 1 N–H and O–H groups in total. The van der Waals surface area contributed by atoms with Gasteiger partial charge in [-0.25, -0.2) is 0 Å².